The van der Waals surface area contributed by atoms with E-state index in [0.29, 0.717) is 11.1 Å². The Hall–Kier alpha value is -3.77. The van der Waals surface area contributed by atoms with E-state index in [-0.39, 0.29) is 42.1 Å². The number of ketones is 2. The molecule has 1 aromatic rings. The number of anilines is 1. The SMILES string of the molecule is CN(C)c1cc(C#CC2CCCC2)c(O)c2c1C[C@H]1C[C@H]3CC(=O)C(C(N)=O)=C(O)[C@@]3(O)C(=O)C1=C2O. The number of aromatic hydroxyl groups is 1. The average Bonchev–Trinajstić information content (AvgIpc) is 3.34. The van der Waals surface area contributed by atoms with Gasteiger partial charge in [0.1, 0.15) is 22.8 Å². The molecule has 1 amide bonds. The smallest absolute Gasteiger partial charge is 0.255 e. The van der Waals surface area contributed by atoms with Crippen molar-refractivity contribution in [3.63, 3.8) is 0 Å². The Bertz CT molecular complexity index is 1370. The van der Waals surface area contributed by atoms with Gasteiger partial charge >= 0.3 is 0 Å². The second-order valence-electron chi connectivity index (χ2n) is 10.7. The van der Waals surface area contributed by atoms with Gasteiger partial charge in [0, 0.05) is 43.6 Å². The van der Waals surface area contributed by atoms with Gasteiger partial charge in [0.2, 0.25) is 5.78 Å². The number of Topliss-reactive ketones (excluding diaryl/α,β-unsaturated/α-hetero) is 2. The van der Waals surface area contributed by atoms with Gasteiger partial charge in [0.25, 0.3) is 5.91 Å². The summed E-state index contributed by atoms with van der Waals surface area (Å²) < 4.78 is 0. The molecule has 194 valence electrons. The molecule has 2 fully saturated rings. The first-order chi connectivity index (χ1) is 17.5. The van der Waals surface area contributed by atoms with Gasteiger partial charge in [-0.3, -0.25) is 14.4 Å². The number of aliphatic hydroxyl groups is 3. The summed E-state index contributed by atoms with van der Waals surface area (Å²) in [7, 11) is 3.66. The van der Waals surface area contributed by atoms with Crippen molar-refractivity contribution >= 4 is 28.9 Å². The van der Waals surface area contributed by atoms with E-state index in [1.165, 1.54) is 0 Å². The first-order valence-corrected chi connectivity index (χ1v) is 12.5. The number of primary amides is 1. The van der Waals surface area contributed by atoms with E-state index < -0.39 is 52.0 Å². The van der Waals surface area contributed by atoms with Gasteiger partial charge in [-0.15, -0.1) is 0 Å². The standard InChI is InChI=1S/C28H30N2O7/c1-30(2)18-11-14(8-7-13-5-3-4-6-13)23(32)21-17(18)10-15-9-16-12-19(31)22(27(29)36)26(35)28(16,37)25(34)20(15)24(21)33/h11,13,15-16,32-33,35,37H,3-6,9-10,12H2,1-2H3,(H2,29,36)/t15-,16+,28+/m1/s1. The third-order valence-electron chi connectivity index (χ3n) is 8.29. The first kappa shape index (κ1) is 24.9. The average molecular weight is 507 g/mol. The summed E-state index contributed by atoms with van der Waals surface area (Å²) in [5.41, 5.74) is 3.44. The lowest BCUT2D eigenvalue weighted by molar-refractivity contribution is -0.147. The number of nitrogens with zero attached hydrogens (tertiary/aromatic N) is 1. The summed E-state index contributed by atoms with van der Waals surface area (Å²) in [6.07, 6.45) is 4.23. The van der Waals surface area contributed by atoms with E-state index in [0.717, 1.165) is 31.4 Å². The number of carbonyl (C=O) groups excluding carboxylic acids is 3. The van der Waals surface area contributed by atoms with Crippen molar-refractivity contribution in [2.24, 2.45) is 23.5 Å². The summed E-state index contributed by atoms with van der Waals surface area (Å²) >= 11 is 0. The Morgan fingerprint density at radius 3 is 2.43 bits per heavy atom. The van der Waals surface area contributed by atoms with Gasteiger partial charge in [-0.2, -0.15) is 0 Å². The van der Waals surface area contributed by atoms with E-state index in [1.54, 1.807) is 6.07 Å². The number of benzene rings is 1. The molecule has 0 aliphatic heterocycles. The molecule has 0 unspecified atom stereocenters. The van der Waals surface area contributed by atoms with Crippen molar-refractivity contribution in [3.05, 3.63) is 39.7 Å². The van der Waals surface area contributed by atoms with E-state index in [4.69, 9.17) is 5.73 Å². The maximum Gasteiger partial charge on any atom is 0.255 e. The molecular weight excluding hydrogens is 476 g/mol. The fourth-order valence-corrected chi connectivity index (χ4v) is 6.41. The number of carbonyl (C=O) groups is 3. The van der Waals surface area contributed by atoms with Crippen LogP contribution in [0.15, 0.2) is 23.0 Å². The molecule has 9 heteroatoms. The summed E-state index contributed by atoms with van der Waals surface area (Å²) in [5, 5.41) is 44.7. The van der Waals surface area contributed by atoms with Gasteiger partial charge in [-0.1, -0.05) is 24.7 Å². The molecule has 0 bridgehead atoms. The van der Waals surface area contributed by atoms with E-state index in [1.807, 2.05) is 19.0 Å². The normalized spacial score (nSPS) is 27.3. The fourth-order valence-electron chi connectivity index (χ4n) is 6.41. The van der Waals surface area contributed by atoms with Crippen LogP contribution in [-0.2, 0) is 20.8 Å². The quantitative estimate of drug-likeness (QED) is 0.301. The Morgan fingerprint density at radius 1 is 1.14 bits per heavy atom. The predicted octanol–water partition coefficient (Wildman–Crippen LogP) is 2.03. The zero-order chi connectivity index (χ0) is 26.8. The molecule has 0 spiro atoms. The number of phenolic OH excluding ortho intramolecular Hbond substituents is 1. The summed E-state index contributed by atoms with van der Waals surface area (Å²) in [6, 6.07) is 1.77. The van der Waals surface area contributed by atoms with E-state index >= 15 is 0 Å². The number of hydrogen-bond donors (Lipinski definition) is 5. The van der Waals surface area contributed by atoms with E-state index in [9.17, 15) is 34.8 Å². The summed E-state index contributed by atoms with van der Waals surface area (Å²) in [6.45, 7) is 0. The van der Waals surface area contributed by atoms with E-state index in [2.05, 4.69) is 11.8 Å². The molecule has 1 aromatic carbocycles. The van der Waals surface area contributed by atoms with Crippen molar-refractivity contribution in [2.45, 2.75) is 50.5 Å². The molecule has 0 radical (unpaired) electrons. The third-order valence-corrected chi connectivity index (χ3v) is 8.29. The van der Waals surface area contributed by atoms with Gasteiger partial charge in [-0.25, -0.2) is 0 Å². The Balaban J connectivity index is 1.68. The number of rotatable bonds is 2. The maximum atomic E-state index is 13.7. The molecule has 6 N–H and O–H groups in total. The molecular formula is C28H30N2O7. The number of amides is 1. The first-order valence-electron chi connectivity index (χ1n) is 12.5. The summed E-state index contributed by atoms with van der Waals surface area (Å²) in [4.78, 5) is 39.8. The largest absolute Gasteiger partial charge is 0.508 e. The monoisotopic (exact) mass is 506 g/mol. The van der Waals surface area contributed by atoms with Gasteiger partial charge in [-0.05, 0) is 43.2 Å². The lowest BCUT2D eigenvalue weighted by atomic mass is 9.59. The minimum absolute atomic E-state index is 0.0639. The molecule has 0 aromatic heterocycles. The molecule has 37 heavy (non-hydrogen) atoms. The predicted molar refractivity (Wildman–Crippen MR) is 135 cm³/mol. The highest BCUT2D eigenvalue weighted by Gasteiger charge is 2.60. The number of phenols is 1. The molecule has 3 atom stereocenters. The van der Waals surface area contributed by atoms with Crippen LogP contribution in [0, 0.1) is 29.6 Å². The van der Waals surface area contributed by atoms with Crippen LogP contribution in [0.5, 0.6) is 5.75 Å². The molecule has 4 aliphatic carbocycles. The lowest BCUT2D eigenvalue weighted by Crippen LogP contribution is -2.58. The zero-order valence-electron chi connectivity index (χ0n) is 20.8. The molecule has 0 saturated heterocycles. The maximum absolute atomic E-state index is 13.7. The third kappa shape index (κ3) is 3.62. The van der Waals surface area contributed by atoms with Crippen LogP contribution < -0.4 is 10.6 Å². The van der Waals surface area contributed by atoms with Crippen molar-refractivity contribution in [1.82, 2.24) is 0 Å². The minimum atomic E-state index is -2.57. The van der Waals surface area contributed by atoms with Gasteiger partial charge < -0.3 is 31.1 Å². The molecule has 9 nitrogen and oxygen atoms in total. The van der Waals surface area contributed by atoms with Gasteiger partial charge in [0.05, 0.1) is 11.1 Å². The van der Waals surface area contributed by atoms with Crippen LogP contribution in [0.3, 0.4) is 0 Å². The number of nitrogens with two attached hydrogens (primary N) is 1. The molecule has 2 saturated carbocycles. The van der Waals surface area contributed by atoms with Crippen LogP contribution >= 0.6 is 0 Å². The highest BCUT2D eigenvalue weighted by atomic mass is 16.3. The topological polar surface area (TPSA) is 161 Å². The Morgan fingerprint density at radius 2 is 1.81 bits per heavy atom. The second kappa shape index (κ2) is 8.67. The summed E-state index contributed by atoms with van der Waals surface area (Å²) in [5.74, 6) is 0.118. The Kier molecular flexibility index (Phi) is 5.83. The van der Waals surface area contributed by atoms with Crippen LogP contribution in [0.25, 0.3) is 5.76 Å². The molecule has 0 heterocycles. The van der Waals surface area contributed by atoms with Crippen molar-refractivity contribution < 1.29 is 34.8 Å². The van der Waals surface area contributed by atoms with Crippen LogP contribution in [0.4, 0.5) is 5.69 Å². The Labute approximate surface area is 214 Å². The van der Waals surface area contributed by atoms with Crippen LogP contribution in [0.2, 0.25) is 0 Å². The number of aliphatic hydroxyl groups excluding tert-OH is 2. The van der Waals surface area contributed by atoms with Crippen molar-refractivity contribution in [2.75, 3.05) is 19.0 Å². The van der Waals surface area contributed by atoms with Crippen LogP contribution in [0.1, 0.15) is 55.2 Å². The fraction of sp³-hybridized carbons (Fsp3) is 0.464. The zero-order valence-corrected chi connectivity index (χ0v) is 20.8. The molecule has 4 aliphatic rings. The van der Waals surface area contributed by atoms with Crippen molar-refractivity contribution in [3.8, 4) is 17.6 Å². The van der Waals surface area contributed by atoms with Crippen molar-refractivity contribution in [1.29, 1.82) is 0 Å². The van der Waals surface area contributed by atoms with Crippen LogP contribution in [-0.4, -0.2) is 57.6 Å². The number of hydrogen-bond acceptors (Lipinski definition) is 8. The van der Waals surface area contributed by atoms with Gasteiger partial charge in [0.15, 0.2) is 11.4 Å². The number of fused-ring (bicyclic) bond motifs is 3. The minimum Gasteiger partial charge on any atom is -0.508 e. The molecule has 5 rings (SSSR count). The lowest BCUT2D eigenvalue weighted by Gasteiger charge is -2.46. The highest BCUT2D eigenvalue weighted by molar-refractivity contribution is 6.22. The highest BCUT2D eigenvalue weighted by Crippen LogP contribution is 2.53. The second-order valence-corrected chi connectivity index (χ2v) is 10.7.